The summed E-state index contributed by atoms with van der Waals surface area (Å²) < 4.78 is 45.8. The number of aromatic nitrogens is 1. The molecule has 2 aromatic carbocycles. The van der Waals surface area contributed by atoms with Gasteiger partial charge in [-0.05, 0) is 37.3 Å². The molecule has 0 bridgehead atoms. The zero-order chi connectivity index (χ0) is 17.5. The van der Waals surface area contributed by atoms with E-state index in [1.807, 2.05) is 30.3 Å². The van der Waals surface area contributed by atoms with Gasteiger partial charge in [-0.2, -0.15) is 0 Å². The van der Waals surface area contributed by atoms with Gasteiger partial charge in [0.25, 0.3) is 0 Å². The van der Waals surface area contributed by atoms with E-state index >= 15 is 0 Å². The van der Waals surface area contributed by atoms with Crippen molar-refractivity contribution in [2.75, 3.05) is 0 Å². The second-order valence-electron chi connectivity index (χ2n) is 4.18. The maximum Gasteiger partial charge on any atom is 0.0780 e. The summed E-state index contributed by atoms with van der Waals surface area (Å²) in [6, 6.07) is 13.7. The lowest BCUT2D eigenvalue weighted by Gasteiger charge is -2.07. The fraction of sp³-hybridized carbons (Fsp3) is 0.118. The van der Waals surface area contributed by atoms with Crippen molar-refractivity contribution in [3.05, 3.63) is 65.9 Å². The molecule has 1 heteroatoms. The minimum absolute atomic E-state index is 0.000796. The topological polar surface area (TPSA) is 12.9 Å². The van der Waals surface area contributed by atoms with E-state index in [0.717, 1.165) is 10.8 Å². The summed E-state index contributed by atoms with van der Waals surface area (Å²) in [5, 5.41) is 1.80. The van der Waals surface area contributed by atoms with Crippen molar-refractivity contribution >= 4 is 10.8 Å². The first-order valence-electron chi connectivity index (χ1n) is 8.66. The lowest BCUT2D eigenvalue weighted by atomic mass is 10.0. The van der Waals surface area contributed by atoms with Crippen LogP contribution in [0.3, 0.4) is 0 Å². The van der Waals surface area contributed by atoms with Crippen LogP contribution in [0.15, 0.2) is 54.7 Å². The summed E-state index contributed by atoms with van der Waals surface area (Å²) in [6.45, 7) is -4.78. The standard InChI is InChI=1S/C17H15N/c1-12-9-13(2)11-15(10-12)17-16-6-4-3-5-14(16)7-8-18-17/h3-11H,1-2H3/i1D3,2D3. The Morgan fingerprint density at radius 3 is 2.50 bits per heavy atom. The molecule has 3 rings (SSSR count). The van der Waals surface area contributed by atoms with Crippen LogP contribution in [0, 0.1) is 13.7 Å². The average molecular weight is 239 g/mol. The molecule has 0 fully saturated rings. The molecule has 0 radical (unpaired) electrons. The highest BCUT2D eigenvalue weighted by Gasteiger charge is 2.05. The van der Waals surface area contributed by atoms with E-state index in [0.29, 0.717) is 11.3 Å². The lowest BCUT2D eigenvalue weighted by Crippen LogP contribution is -1.88. The van der Waals surface area contributed by atoms with E-state index in [1.165, 1.54) is 18.2 Å². The molecule has 0 N–H and O–H groups in total. The molecule has 3 aromatic rings. The summed E-state index contributed by atoms with van der Waals surface area (Å²) in [5.41, 5.74) is 1.07. The van der Waals surface area contributed by atoms with Gasteiger partial charge in [0.15, 0.2) is 0 Å². The summed E-state index contributed by atoms with van der Waals surface area (Å²) in [7, 11) is 0. The average Bonchev–Trinajstić information content (AvgIpc) is 2.52. The maximum absolute atomic E-state index is 7.63. The first-order valence-corrected chi connectivity index (χ1v) is 5.66. The quantitative estimate of drug-likeness (QED) is 0.608. The molecule has 1 nitrogen and oxygen atoms in total. The molecule has 0 aliphatic carbocycles. The minimum atomic E-state index is -2.39. The highest BCUT2D eigenvalue weighted by Crippen LogP contribution is 2.27. The van der Waals surface area contributed by atoms with E-state index in [2.05, 4.69) is 4.98 Å². The third-order valence-corrected chi connectivity index (χ3v) is 2.88. The molecular weight excluding hydrogens is 218 g/mol. The number of rotatable bonds is 1. The highest BCUT2D eigenvalue weighted by atomic mass is 14.7. The molecule has 0 saturated heterocycles. The fourth-order valence-corrected chi connectivity index (χ4v) is 2.11. The van der Waals surface area contributed by atoms with Crippen molar-refractivity contribution in [1.82, 2.24) is 4.98 Å². The molecule has 1 heterocycles. The smallest absolute Gasteiger partial charge is 0.0780 e. The Hall–Kier alpha value is -2.15. The van der Waals surface area contributed by atoms with Gasteiger partial charge in [-0.25, -0.2) is 0 Å². The number of nitrogens with zero attached hydrogens (tertiary/aromatic N) is 1. The zero-order valence-electron chi connectivity index (χ0n) is 15.6. The summed E-state index contributed by atoms with van der Waals surface area (Å²) in [4.78, 5) is 4.36. The molecular formula is C17H15N. The maximum atomic E-state index is 7.63. The monoisotopic (exact) mass is 239 g/mol. The van der Waals surface area contributed by atoms with Gasteiger partial charge in [-0.1, -0.05) is 41.5 Å². The number of fused-ring (bicyclic) bond motifs is 1. The van der Waals surface area contributed by atoms with Crippen LogP contribution in [0.4, 0.5) is 0 Å². The third kappa shape index (κ3) is 1.88. The summed E-state index contributed by atoms with van der Waals surface area (Å²) in [5.74, 6) is 0. The largest absolute Gasteiger partial charge is 0.256 e. The van der Waals surface area contributed by atoms with Gasteiger partial charge in [0.1, 0.15) is 0 Å². The minimum Gasteiger partial charge on any atom is -0.256 e. The van der Waals surface area contributed by atoms with Gasteiger partial charge in [-0.15, -0.1) is 0 Å². The number of hydrogen-bond donors (Lipinski definition) is 0. The van der Waals surface area contributed by atoms with Crippen LogP contribution in [0.5, 0.6) is 0 Å². The van der Waals surface area contributed by atoms with Crippen LogP contribution in [0.25, 0.3) is 22.0 Å². The Morgan fingerprint density at radius 2 is 1.72 bits per heavy atom. The van der Waals surface area contributed by atoms with Crippen molar-refractivity contribution < 1.29 is 8.22 Å². The summed E-state index contributed by atoms with van der Waals surface area (Å²) >= 11 is 0. The SMILES string of the molecule is [2H]C([2H])([2H])c1cc(-c2nccc3ccccc23)cc(C([2H])([2H])[2H])c1. The highest BCUT2D eigenvalue weighted by molar-refractivity contribution is 5.94. The van der Waals surface area contributed by atoms with Crippen LogP contribution < -0.4 is 0 Å². The Morgan fingerprint density at radius 1 is 0.944 bits per heavy atom. The second kappa shape index (κ2) is 4.26. The van der Waals surface area contributed by atoms with E-state index < -0.39 is 13.7 Å². The third-order valence-electron chi connectivity index (χ3n) is 2.88. The van der Waals surface area contributed by atoms with Crippen LogP contribution in [-0.2, 0) is 0 Å². The fourth-order valence-electron chi connectivity index (χ4n) is 2.11. The zero-order valence-corrected chi connectivity index (χ0v) is 9.64. The van der Waals surface area contributed by atoms with E-state index in [1.54, 1.807) is 6.20 Å². The van der Waals surface area contributed by atoms with Gasteiger partial charge >= 0.3 is 0 Å². The van der Waals surface area contributed by atoms with Crippen LogP contribution in [0.1, 0.15) is 19.4 Å². The van der Waals surface area contributed by atoms with Crippen LogP contribution >= 0.6 is 0 Å². The van der Waals surface area contributed by atoms with Gasteiger partial charge in [0.2, 0.25) is 0 Å². The number of benzene rings is 2. The van der Waals surface area contributed by atoms with Crippen LogP contribution in [0.2, 0.25) is 0 Å². The predicted molar refractivity (Wildman–Crippen MR) is 76.7 cm³/mol. The molecule has 1 aromatic heterocycles. The van der Waals surface area contributed by atoms with Crippen molar-refractivity contribution in [2.24, 2.45) is 0 Å². The van der Waals surface area contributed by atoms with E-state index in [4.69, 9.17) is 8.22 Å². The van der Waals surface area contributed by atoms with E-state index in [-0.39, 0.29) is 11.1 Å². The number of pyridine rings is 1. The molecule has 0 saturated carbocycles. The molecule has 18 heavy (non-hydrogen) atoms. The molecule has 0 amide bonds. The molecule has 0 atom stereocenters. The second-order valence-corrected chi connectivity index (χ2v) is 4.18. The Labute approximate surface area is 116 Å². The van der Waals surface area contributed by atoms with Crippen molar-refractivity contribution in [3.63, 3.8) is 0 Å². The lowest BCUT2D eigenvalue weighted by molar-refractivity contribution is 1.32. The Kier molecular flexibility index (Phi) is 1.46. The van der Waals surface area contributed by atoms with Gasteiger partial charge < -0.3 is 0 Å². The normalized spacial score (nSPS) is 17.1. The van der Waals surface area contributed by atoms with Gasteiger partial charge in [0.05, 0.1) is 5.69 Å². The van der Waals surface area contributed by atoms with Gasteiger partial charge in [0, 0.05) is 25.4 Å². The summed E-state index contributed by atoms with van der Waals surface area (Å²) in [6.07, 6.45) is 1.63. The predicted octanol–water partition coefficient (Wildman–Crippen LogP) is 4.52. The molecule has 88 valence electrons. The molecule has 0 aliphatic rings. The number of aryl methyl sites for hydroxylation is 2. The van der Waals surface area contributed by atoms with Crippen molar-refractivity contribution in [1.29, 1.82) is 0 Å². The first kappa shape index (κ1) is 6.14. The van der Waals surface area contributed by atoms with Crippen LogP contribution in [-0.4, -0.2) is 4.98 Å². The van der Waals surface area contributed by atoms with Gasteiger partial charge in [-0.3, -0.25) is 4.98 Å². The Bertz CT molecular complexity index is 858. The van der Waals surface area contributed by atoms with Crippen molar-refractivity contribution in [2.45, 2.75) is 13.7 Å². The first-order chi connectivity index (χ1) is 11.2. The number of hydrogen-bond acceptors (Lipinski definition) is 1. The Balaban J connectivity index is 2.30. The van der Waals surface area contributed by atoms with E-state index in [9.17, 15) is 0 Å². The molecule has 0 unspecified atom stereocenters. The molecule has 0 spiro atoms. The molecule has 0 aliphatic heterocycles. The van der Waals surface area contributed by atoms with Crippen molar-refractivity contribution in [3.8, 4) is 11.3 Å².